The van der Waals surface area contributed by atoms with Crippen molar-refractivity contribution in [1.29, 1.82) is 0 Å². The highest BCUT2D eigenvalue weighted by Gasteiger charge is 2.15. The van der Waals surface area contributed by atoms with Crippen molar-refractivity contribution >= 4 is 34.5 Å². The highest BCUT2D eigenvalue weighted by molar-refractivity contribution is 7.14. The van der Waals surface area contributed by atoms with Crippen molar-refractivity contribution in [3.63, 3.8) is 0 Å². The summed E-state index contributed by atoms with van der Waals surface area (Å²) in [4.78, 5) is 20.3. The van der Waals surface area contributed by atoms with Gasteiger partial charge < -0.3 is 15.5 Å². The molecular formula is C22H23N7S. The highest BCUT2D eigenvalue weighted by atomic mass is 32.1. The van der Waals surface area contributed by atoms with Gasteiger partial charge in [-0.3, -0.25) is 9.98 Å². The van der Waals surface area contributed by atoms with Gasteiger partial charge in [-0.2, -0.15) is 0 Å². The summed E-state index contributed by atoms with van der Waals surface area (Å²) in [5.41, 5.74) is 4.23. The molecule has 8 heteroatoms. The molecule has 0 radical (unpaired) electrons. The van der Waals surface area contributed by atoms with Gasteiger partial charge in [0, 0.05) is 38.3 Å². The second kappa shape index (κ2) is 8.23. The molecule has 152 valence electrons. The first-order valence-electron chi connectivity index (χ1n) is 10.1. The summed E-state index contributed by atoms with van der Waals surface area (Å²) in [5.74, 6) is 1.71. The van der Waals surface area contributed by atoms with Crippen LogP contribution in [-0.4, -0.2) is 42.3 Å². The van der Waals surface area contributed by atoms with Gasteiger partial charge in [-0.1, -0.05) is 30.3 Å². The van der Waals surface area contributed by atoms with Crippen LogP contribution in [0, 0.1) is 0 Å². The van der Waals surface area contributed by atoms with E-state index in [2.05, 4.69) is 61.8 Å². The summed E-state index contributed by atoms with van der Waals surface area (Å²) in [7, 11) is 2.06. The number of guanidine groups is 1. The second-order valence-corrected chi connectivity index (χ2v) is 8.25. The first-order valence-corrected chi connectivity index (χ1v) is 10.9. The van der Waals surface area contributed by atoms with Crippen LogP contribution in [0.3, 0.4) is 0 Å². The zero-order valence-corrected chi connectivity index (χ0v) is 17.6. The number of nitrogens with one attached hydrogen (secondary N) is 2. The van der Waals surface area contributed by atoms with Crippen LogP contribution in [0.2, 0.25) is 0 Å². The maximum absolute atomic E-state index is 4.83. The predicted octanol–water partition coefficient (Wildman–Crippen LogP) is 3.73. The van der Waals surface area contributed by atoms with Crippen LogP contribution in [-0.2, 0) is 6.54 Å². The van der Waals surface area contributed by atoms with E-state index in [0.29, 0.717) is 6.04 Å². The Morgan fingerprint density at radius 1 is 1.13 bits per heavy atom. The third-order valence-corrected chi connectivity index (χ3v) is 5.81. The molecule has 1 aromatic carbocycles. The average molecular weight is 418 g/mol. The zero-order chi connectivity index (χ0) is 20.3. The van der Waals surface area contributed by atoms with Crippen LogP contribution >= 0.6 is 11.3 Å². The molecule has 2 N–H and O–H groups in total. The molecule has 3 aromatic rings. The summed E-state index contributed by atoms with van der Waals surface area (Å²) in [6, 6.07) is 15.0. The normalized spacial score (nSPS) is 17.2. The van der Waals surface area contributed by atoms with Crippen LogP contribution in [0.4, 0.5) is 10.9 Å². The fourth-order valence-electron chi connectivity index (χ4n) is 3.34. The largest absolute Gasteiger partial charge is 0.356 e. The van der Waals surface area contributed by atoms with E-state index in [1.165, 1.54) is 11.1 Å². The van der Waals surface area contributed by atoms with Gasteiger partial charge in [-0.25, -0.2) is 9.97 Å². The first-order chi connectivity index (χ1) is 14.7. The van der Waals surface area contributed by atoms with E-state index in [1.54, 1.807) is 11.3 Å². The van der Waals surface area contributed by atoms with Gasteiger partial charge >= 0.3 is 0 Å². The molecule has 1 unspecified atom stereocenters. The van der Waals surface area contributed by atoms with Gasteiger partial charge in [-0.15, -0.1) is 11.3 Å². The molecule has 1 atom stereocenters. The first kappa shape index (κ1) is 18.7. The number of hydrogen-bond acceptors (Lipinski definition) is 8. The summed E-state index contributed by atoms with van der Waals surface area (Å²) in [5, 5.41) is 9.35. The van der Waals surface area contributed by atoms with Crippen LogP contribution in [0.1, 0.15) is 23.6 Å². The van der Waals surface area contributed by atoms with Gasteiger partial charge in [0.25, 0.3) is 0 Å². The summed E-state index contributed by atoms with van der Waals surface area (Å²) < 4.78 is 0. The van der Waals surface area contributed by atoms with E-state index in [4.69, 9.17) is 4.98 Å². The molecule has 30 heavy (non-hydrogen) atoms. The van der Waals surface area contributed by atoms with Gasteiger partial charge in [0.2, 0.25) is 0 Å². The third-order valence-electron chi connectivity index (χ3n) is 5.05. The lowest BCUT2D eigenvalue weighted by Gasteiger charge is -2.19. The second-order valence-electron chi connectivity index (χ2n) is 7.40. The van der Waals surface area contributed by atoms with E-state index in [-0.39, 0.29) is 0 Å². The number of thiazole rings is 1. The van der Waals surface area contributed by atoms with Gasteiger partial charge in [-0.05, 0) is 29.7 Å². The Bertz CT molecular complexity index is 1080. The molecule has 2 aromatic heterocycles. The molecule has 5 rings (SSSR count). The number of aromatic nitrogens is 2. The monoisotopic (exact) mass is 417 g/mol. The fourth-order valence-corrected chi connectivity index (χ4v) is 4.04. The van der Waals surface area contributed by atoms with Crippen LogP contribution < -0.4 is 15.5 Å². The number of rotatable bonds is 6. The predicted molar refractivity (Wildman–Crippen MR) is 124 cm³/mol. The average Bonchev–Trinajstić information content (AvgIpc) is 3.54. The molecule has 0 saturated carbocycles. The number of hydrogen-bond donors (Lipinski definition) is 2. The lowest BCUT2D eigenvalue weighted by Crippen LogP contribution is -2.35. The number of anilines is 2. The van der Waals surface area contributed by atoms with E-state index < -0.39 is 0 Å². The molecule has 4 heterocycles. The maximum Gasteiger partial charge on any atom is 0.197 e. The number of nitrogens with zero attached hydrogens (tertiary/aromatic N) is 5. The minimum Gasteiger partial charge on any atom is -0.356 e. The summed E-state index contributed by atoms with van der Waals surface area (Å²) in [6.07, 6.45) is 3.03. The number of pyridine rings is 1. The van der Waals surface area contributed by atoms with Crippen molar-refractivity contribution < 1.29 is 0 Å². The van der Waals surface area contributed by atoms with E-state index in [9.17, 15) is 0 Å². The maximum atomic E-state index is 4.83. The molecule has 0 spiro atoms. The van der Waals surface area contributed by atoms with E-state index in [0.717, 1.165) is 54.4 Å². The van der Waals surface area contributed by atoms with E-state index in [1.807, 2.05) is 29.8 Å². The Morgan fingerprint density at radius 2 is 2.00 bits per heavy atom. The van der Waals surface area contributed by atoms with Crippen molar-refractivity contribution in [2.24, 2.45) is 9.98 Å². The Morgan fingerprint density at radius 3 is 2.77 bits per heavy atom. The molecule has 0 amide bonds. The molecule has 0 fully saturated rings. The van der Waals surface area contributed by atoms with Gasteiger partial charge in [0.1, 0.15) is 17.6 Å². The number of benzene rings is 1. The molecule has 7 nitrogen and oxygen atoms in total. The Labute approximate surface area is 179 Å². The van der Waals surface area contributed by atoms with Crippen molar-refractivity contribution in [3.05, 3.63) is 59.0 Å². The van der Waals surface area contributed by atoms with Crippen molar-refractivity contribution in [2.75, 3.05) is 30.4 Å². The summed E-state index contributed by atoms with van der Waals surface area (Å²) >= 11 is 1.56. The van der Waals surface area contributed by atoms with E-state index >= 15 is 0 Å². The fraction of sp³-hybridized carbons (Fsp3) is 0.273. The highest BCUT2D eigenvalue weighted by Crippen LogP contribution is 2.27. The topological polar surface area (TPSA) is 77.8 Å². The molecule has 0 saturated heterocycles. The Kier molecular flexibility index (Phi) is 5.15. The zero-order valence-electron chi connectivity index (χ0n) is 16.7. The van der Waals surface area contributed by atoms with Crippen LogP contribution in [0.25, 0.3) is 11.4 Å². The SMILES string of the molecule is CN(Cc1ccc(C2C=N2)cc1)c1cccc(-c2csc(NC3=NCCCN3)n2)n1. The lowest BCUT2D eigenvalue weighted by molar-refractivity contribution is 0.740. The quantitative estimate of drug-likeness (QED) is 0.639. The minimum absolute atomic E-state index is 0.300. The van der Waals surface area contributed by atoms with Gasteiger partial charge in [0.05, 0.1) is 5.69 Å². The molecule has 0 bridgehead atoms. The molecule has 2 aliphatic heterocycles. The smallest absolute Gasteiger partial charge is 0.197 e. The van der Waals surface area contributed by atoms with Crippen molar-refractivity contribution in [3.8, 4) is 11.4 Å². The van der Waals surface area contributed by atoms with Gasteiger partial charge in [0.15, 0.2) is 11.1 Å². The molecule has 0 aliphatic carbocycles. The molecular weight excluding hydrogens is 394 g/mol. The lowest BCUT2D eigenvalue weighted by atomic mass is 10.1. The van der Waals surface area contributed by atoms with Crippen LogP contribution in [0.5, 0.6) is 0 Å². The minimum atomic E-state index is 0.300. The summed E-state index contributed by atoms with van der Waals surface area (Å²) in [6.45, 7) is 2.58. The Balaban J connectivity index is 1.27. The van der Waals surface area contributed by atoms with Crippen LogP contribution in [0.15, 0.2) is 57.8 Å². The standard InChI is InChI=1S/C22H23N7S/c1-29(13-15-6-8-16(9-7-15)18-12-25-18)20-5-2-4-17(26-20)19-14-30-22(27-19)28-21-23-10-3-11-24-21/h2,4-9,12,14,18H,3,10-11,13H2,1H3,(H2,23,24,27,28). The third kappa shape index (κ3) is 4.33. The van der Waals surface area contributed by atoms with Crippen molar-refractivity contribution in [2.45, 2.75) is 19.0 Å². The number of aliphatic imine (C=N–C) groups is 2. The Hall–Kier alpha value is -3.26. The van der Waals surface area contributed by atoms with Crippen molar-refractivity contribution in [1.82, 2.24) is 15.3 Å². The molecule has 2 aliphatic rings.